The van der Waals surface area contributed by atoms with Crippen LogP contribution in [0.25, 0.3) is 0 Å². The van der Waals surface area contributed by atoms with Crippen LogP contribution in [0.5, 0.6) is 0 Å². The summed E-state index contributed by atoms with van der Waals surface area (Å²) in [4.78, 5) is 23.2. The molecule has 2 heterocycles. The van der Waals surface area contributed by atoms with E-state index in [2.05, 4.69) is 9.98 Å². The molecule has 18 heavy (non-hydrogen) atoms. The van der Waals surface area contributed by atoms with Crippen LogP contribution in [0, 0.1) is 5.92 Å². The zero-order chi connectivity index (χ0) is 13.3. The molecule has 0 atom stereocenters. The van der Waals surface area contributed by atoms with E-state index in [4.69, 9.17) is 11.5 Å². The molecule has 1 aromatic heterocycles. The minimum Gasteiger partial charge on any atom is -0.370 e. The minimum atomic E-state index is 0.0104. The van der Waals surface area contributed by atoms with Crippen molar-refractivity contribution in [3.8, 4) is 0 Å². The van der Waals surface area contributed by atoms with Gasteiger partial charge in [-0.15, -0.1) is 0 Å². The zero-order valence-corrected chi connectivity index (χ0v) is 11.3. The van der Waals surface area contributed by atoms with Gasteiger partial charge in [0.2, 0.25) is 11.0 Å². The topological polar surface area (TPSA) is 97.6 Å². The van der Waals surface area contributed by atoms with Crippen molar-refractivity contribution >= 4 is 28.3 Å². The van der Waals surface area contributed by atoms with Gasteiger partial charge in [-0.25, -0.2) is 4.98 Å². The predicted molar refractivity (Wildman–Crippen MR) is 71.5 cm³/mol. The van der Waals surface area contributed by atoms with Crippen LogP contribution in [0.15, 0.2) is 4.99 Å². The van der Waals surface area contributed by atoms with Crippen LogP contribution < -0.4 is 11.5 Å². The molecule has 0 aliphatic carbocycles. The lowest BCUT2D eigenvalue weighted by atomic mass is 10.1. The average Bonchev–Trinajstić information content (AvgIpc) is 2.67. The third kappa shape index (κ3) is 2.61. The number of carbonyl (C=O) groups is 1. The van der Waals surface area contributed by atoms with Gasteiger partial charge in [-0.3, -0.25) is 4.79 Å². The highest BCUT2D eigenvalue weighted by Crippen LogP contribution is 2.30. The first-order valence-electron chi connectivity index (χ1n) is 5.84. The molecule has 98 valence electrons. The Labute approximate surface area is 110 Å². The third-order valence-electron chi connectivity index (χ3n) is 2.75. The fourth-order valence-corrected chi connectivity index (χ4v) is 2.91. The van der Waals surface area contributed by atoms with Gasteiger partial charge in [0.05, 0.1) is 12.2 Å². The highest BCUT2D eigenvalue weighted by atomic mass is 32.1. The molecule has 6 nitrogen and oxygen atoms in total. The van der Waals surface area contributed by atoms with E-state index in [1.807, 2.05) is 18.7 Å². The Kier molecular flexibility index (Phi) is 3.51. The summed E-state index contributed by atoms with van der Waals surface area (Å²) < 4.78 is 0. The first-order chi connectivity index (χ1) is 8.47. The third-order valence-corrected chi connectivity index (χ3v) is 3.73. The number of aliphatic imine (C=N–C) groups is 1. The van der Waals surface area contributed by atoms with E-state index in [1.165, 1.54) is 11.3 Å². The van der Waals surface area contributed by atoms with Crippen LogP contribution in [0.4, 0.5) is 5.13 Å². The molecule has 7 heteroatoms. The molecule has 1 aliphatic rings. The Bertz CT molecular complexity index is 490. The van der Waals surface area contributed by atoms with Gasteiger partial charge in [0.25, 0.3) is 0 Å². The molecule has 0 unspecified atom stereocenters. The summed E-state index contributed by atoms with van der Waals surface area (Å²) in [6, 6.07) is 0. The second-order valence-corrected chi connectivity index (χ2v) is 5.63. The number of fused-ring (bicyclic) bond motifs is 1. The van der Waals surface area contributed by atoms with Crippen LogP contribution >= 0.6 is 11.3 Å². The normalized spacial score (nSPS) is 14.5. The molecule has 1 amide bonds. The summed E-state index contributed by atoms with van der Waals surface area (Å²) in [7, 11) is 0. The maximum Gasteiger partial charge on any atom is 0.225 e. The SMILES string of the molecule is CC(C)C(=O)N1CCc2nc(N=C(N)N)sc2C1. The molecule has 2 rings (SSSR count). The molecule has 0 saturated heterocycles. The number of hydrogen-bond donors (Lipinski definition) is 2. The van der Waals surface area contributed by atoms with Crippen molar-refractivity contribution < 1.29 is 4.79 Å². The first kappa shape index (κ1) is 12.8. The van der Waals surface area contributed by atoms with Gasteiger partial charge in [0, 0.05) is 23.8 Å². The van der Waals surface area contributed by atoms with E-state index in [0.29, 0.717) is 11.7 Å². The van der Waals surface area contributed by atoms with Crippen molar-refractivity contribution in [1.82, 2.24) is 9.88 Å². The van der Waals surface area contributed by atoms with Crippen LogP contribution in [-0.2, 0) is 17.8 Å². The molecule has 0 bridgehead atoms. The highest BCUT2D eigenvalue weighted by Gasteiger charge is 2.25. The molecular formula is C11H17N5OS. The maximum absolute atomic E-state index is 11.9. The monoisotopic (exact) mass is 267 g/mol. The molecule has 1 aliphatic heterocycles. The maximum atomic E-state index is 11.9. The molecule has 0 fully saturated rings. The van der Waals surface area contributed by atoms with Crippen molar-refractivity contribution in [2.24, 2.45) is 22.4 Å². The Balaban J connectivity index is 2.17. The van der Waals surface area contributed by atoms with E-state index in [0.717, 1.165) is 23.5 Å². The molecule has 0 radical (unpaired) electrons. The van der Waals surface area contributed by atoms with Gasteiger partial charge in [0.15, 0.2) is 5.96 Å². The van der Waals surface area contributed by atoms with Crippen LogP contribution in [0.3, 0.4) is 0 Å². The van der Waals surface area contributed by atoms with Gasteiger partial charge in [0.1, 0.15) is 0 Å². The summed E-state index contributed by atoms with van der Waals surface area (Å²) in [6.07, 6.45) is 0.768. The van der Waals surface area contributed by atoms with E-state index in [-0.39, 0.29) is 17.8 Å². The number of carbonyl (C=O) groups excluding carboxylic acids is 1. The Morgan fingerprint density at radius 1 is 1.50 bits per heavy atom. The molecule has 0 aromatic carbocycles. The summed E-state index contributed by atoms with van der Waals surface area (Å²) in [5, 5.41) is 0.568. The summed E-state index contributed by atoms with van der Waals surface area (Å²) in [6.45, 7) is 5.16. The lowest BCUT2D eigenvalue weighted by Gasteiger charge is -2.27. The van der Waals surface area contributed by atoms with Crippen molar-refractivity contribution in [3.05, 3.63) is 10.6 Å². The van der Waals surface area contributed by atoms with Crippen LogP contribution in [0.2, 0.25) is 0 Å². The zero-order valence-electron chi connectivity index (χ0n) is 10.5. The van der Waals surface area contributed by atoms with Crippen molar-refractivity contribution in [2.75, 3.05) is 6.54 Å². The molecule has 0 saturated carbocycles. The Morgan fingerprint density at radius 3 is 2.83 bits per heavy atom. The lowest BCUT2D eigenvalue weighted by Crippen LogP contribution is -2.37. The van der Waals surface area contributed by atoms with Crippen molar-refractivity contribution in [3.63, 3.8) is 0 Å². The second kappa shape index (κ2) is 4.93. The van der Waals surface area contributed by atoms with Crippen LogP contribution in [0.1, 0.15) is 24.4 Å². The number of amides is 1. The van der Waals surface area contributed by atoms with E-state index in [1.54, 1.807) is 0 Å². The lowest BCUT2D eigenvalue weighted by molar-refractivity contribution is -0.135. The largest absolute Gasteiger partial charge is 0.370 e. The molecule has 0 spiro atoms. The smallest absolute Gasteiger partial charge is 0.225 e. The number of nitrogens with two attached hydrogens (primary N) is 2. The molecule has 1 aromatic rings. The summed E-state index contributed by atoms with van der Waals surface area (Å²) in [5.74, 6) is 0.213. The number of nitrogens with zero attached hydrogens (tertiary/aromatic N) is 3. The van der Waals surface area contributed by atoms with Gasteiger partial charge in [-0.1, -0.05) is 25.2 Å². The van der Waals surface area contributed by atoms with Gasteiger partial charge >= 0.3 is 0 Å². The fraction of sp³-hybridized carbons (Fsp3) is 0.545. The van der Waals surface area contributed by atoms with Gasteiger partial charge in [-0.05, 0) is 0 Å². The molecule has 4 N–H and O–H groups in total. The Morgan fingerprint density at radius 2 is 2.22 bits per heavy atom. The number of hydrogen-bond acceptors (Lipinski definition) is 4. The van der Waals surface area contributed by atoms with Gasteiger partial charge < -0.3 is 16.4 Å². The number of aromatic nitrogens is 1. The first-order valence-corrected chi connectivity index (χ1v) is 6.66. The average molecular weight is 267 g/mol. The van der Waals surface area contributed by atoms with Crippen LogP contribution in [-0.4, -0.2) is 28.3 Å². The van der Waals surface area contributed by atoms with E-state index in [9.17, 15) is 4.79 Å². The standard InChI is InChI=1S/C11H17N5OS/c1-6(2)9(17)16-4-3-7-8(5-16)18-11(14-7)15-10(12)13/h6H,3-5H2,1-2H3,(H4,12,13,14,15). The van der Waals surface area contributed by atoms with Crippen molar-refractivity contribution in [1.29, 1.82) is 0 Å². The molecular weight excluding hydrogens is 250 g/mol. The van der Waals surface area contributed by atoms with Gasteiger partial charge in [-0.2, -0.15) is 4.99 Å². The number of thiazole rings is 1. The number of rotatable bonds is 2. The minimum absolute atomic E-state index is 0.0104. The fourth-order valence-electron chi connectivity index (χ4n) is 1.89. The van der Waals surface area contributed by atoms with E-state index < -0.39 is 0 Å². The number of guanidine groups is 1. The summed E-state index contributed by atoms with van der Waals surface area (Å²) >= 11 is 1.44. The highest BCUT2D eigenvalue weighted by molar-refractivity contribution is 7.15. The predicted octanol–water partition coefficient (Wildman–Crippen LogP) is 0.589. The van der Waals surface area contributed by atoms with Crippen molar-refractivity contribution in [2.45, 2.75) is 26.8 Å². The van der Waals surface area contributed by atoms with E-state index >= 15 is 0 Å². The second-order valence-electron chi connectivity index (χ2n) is 4.57. The quantitative estimate of drug-likeness (QED) is 0.605. The summed E-state index contributed by atoms with van der Waals surface area (Å²) in [5.41, 5.74) is 11.7. The Hall–Kier alpha value is -1.63.